The highest BCUT2D eigenvalue weighted by Gasteiger charge is 2.48. The van der Waals surface area contributed by atoms with Gasteiger partial charge in [0.05, 0.1) is 18.7 Å². The summed E-state index contributed by atoms with van der Waals surface area (Å²) in [5, 5.41) is 19.7. The maximum atomic E-state index is 13.3. The molecule has 152 valence electrons. The summed E-state index contributed by atoms with van der Waals surface area (Å²) in [6, 6.07) is 10.9. The molecule has 2 heterocycles. The monoisotopic (exact) mass is 425 g/mol. The van der Waals surface area contributed by atoms with E-state index >= 15 is 0 Å². The normalized spacial score (nSPS) is 18.1. The van der Waals surface area contributed by atoms with E-state index in [9.17, 15) is 19.1 Å². The lowest BCUT2D eigenvalue weighted by Gasteiger charge is -2.22. The van der Waals surface area contributed by atoms with Crippen molar-refractivity contribution >= 4 is 33.9 Å². The molecule has 1 aromatic heterocycles. The van der Waals surface area contributed by atoms with Gasteiger partial charge in [0, 0.05) is 5.56 Å². The number of Topliss-reactive ketones (excluding diaryl/α,β-unsaturated/α-hetero) is 1. The van der Waals surface area contributed by atoms with Gasteiger partial charge in [-0.2, -0.15) is 0 Å². The first kappa shape index (κ1) is 19.7. The molecule has 9 heteroatoms. The number of aliphatic hydroxyl groups excluding tert-OH is 1. The third kappa shape index (κ3) is 3.33. The third-order valence-corrected chi connectivity index (χ3v) is 5.55. The maximum Gasteiger partial charge on any atom is 0.301 e. The number of carbonyl (C=O) groups excluding carboxylic acids is 2. The molecule has 0 aliphatic carbocycles. The number of ketones is 1. The number of halogens is 1. The summed E-state index contributed by atoms with van der Waals surface area (Å²) in [7, 11) is 1.53. The maximum absolute atomic E-state index is 13.3. The molecule has 3 aromatic rings. The zero-order valence-corrected chi connectivity index (χ0v) is 16.8. The van der Waals surface area contributed by atoms with E-state index in [0.29, 0.717) is 16.3 Å². The molecule has 1 unspecified atom stereocenters. The van der Waals surface area contributed by atoms with Crippen LogP contribution in [0.5, 0.6) is 5.75 Å². The SMILES string of the molecule is COc1ccc(C2/C(=C(/O)c3ccc(F)cc3)C(=O)C(=O)N2c2nnc(C)s2)cc1. The van der Waals surface area contributed by atoms with Crippen molar-refractivity contribution in [1.82, 2.24) is 10.2 Å². The van der Waals surface area contributed by atoms with Gasteiger partial charge in [-0.05, 0) is 48.9 Å². The average Bonchev–Trinajstić information content (AvgIpc) is 3.29. The molecule has 0 saturated carbocycles. The van der Waals surface area contributed by atoms with Gasteiger partial charge in [0.15, 0.2) is 0 Å². The lowest BCUT2D eigenvalue weighted by atomic mass is 9.95. The Hall–Kier alpha value is -3.59. The highest BCUT2D eigenvalue weighted by Crippen LogP contribution is 2.43. The summed E-state index contributed by atoms with van der Waals surface area (Å²) >= 11 is 1.16. The van der Waals surface area contributed by atoms with Gasteiger partial charge in [0.2, 0.25) is 5.13 Å². The molecule has 0 spiro atoms. The Kier molecular flexibility index (Phi) is 5.04. The molecule has 30 heavy (non-hydrogen) atoms. The molecule has 7 nitrogen and oxygen atoms in total. The van der Waals surface area contributed by atoms with Crippen LogP contribution in [0.25, 0.3) is 5.76 Å². The summed E-state index contributed by atoms with van der Waals surface area (Å²) < 4.78 is 18.5. The summed E-state index contributed by atoms with van der Waals surface area (Å²) in [6.07, 6.45) is 0. The molecular weight excluding hydrogens is 409 g/mol. The summed E-state index contributed by atoms with van der Waals surface area (Å²) in [5.41, 5.74) is 0.692. The number of ether oxygens (including phenoxy) is 1. The minimum Gasteiger partial charge on any atom is -0.507 e. The number of aliphatic hydroxyl groups is 1. The van der Waals surface area contributed by atoms with Crippen molar-refractivity contribution in [1.29, 1.82) is 0 Å². The molecule has 4 rings (SSSR count). The molecule has 0 radical (unpaired) electrons. The second kappa shape index (κ2) is 7.68. The van der Waals surface area contributed by atoms with Gasteiger partial charge in [-0.15, -0.1) is 10.2 Å². The van der Waals surface area contributed by atoms with Crippen LogP contribution in [0.1, 0.15) is 22.2 Å². The third-order valence-electron chi connectivity index (χ3n) is 4.72. The lowest BCUT2D eigenvalue weighted by Crippen LogP contribution is -2.29. The van der Waals surface area contributed by atoms with Crippen LogP contribution < -0.4 is 9.64 Å². The second-order valence-electron chi connectivity index (χ2n) is 6.55. The summed E-state index contributed by atoms with van der Waals surface area (Å²) in [4.78, 5) is 27.1. The van der Waals surface area contributed by atoms with Gasteiger partial charge in [0.25, 0.3) is 5.78 Å². The van der Waals surface area contributed by atoms with Crippen molar-refractivity contribution in [3.8, 4) is 5.75 Å². The standard InChI is InChI=1S/C21H16FN3O4S/c1-11-23-24-21(30-11)25-17(12-5-9-15(29-2)10-6-12)16(19(27)20(25)28)18(26)13-3-7-14(22)8-4-13/h3-10,17,26H,1-2H3/b18-16-. The fourth-order valence-electron chi connectivity index (χ4n) is 3.28. The van der Waals surface area contributed by atoms with Gasteiger partial charge >= 0.3 is 5.91 Å². The Balaban J connectivity index is 1.92. The molecule has 1 atom stereocenters. The van der Waals surface area contributed by atoms with Gasteiger partial charge in [-0.1, -0.05) is 23.5 Å². The molecule has 1 saturated heterocycles. The number of carbonyl (C=O) groups is 2. The predicted molar refractivity (Wildman–Crippen MR) is 109 cm³/mol. The topological polar surface area (TPSA) is 92.6 Å². The smallest absolute Gasteiger partial charge is 0.301 e. The molecule has 1 fully saturated rings. The number of anilines is 1. The molecular formula is C21H16FN3O4S. The number of hydrogen-bond donors (Lipinski definition) is 1. The zero-order chi connectivity index (χ0) is 21.4. The highest BCUT2D eigenvalue weighted by molar-refractivity contribution is 7.15. The van der Waals surface area contributed by atoms with Crippen molar-refractivity contribution in [2.75, 3.05) is 12.0 Å². The number of rotatable bonds is 4. The van der Waals surface area contributed by atoms with E-state index in [4.69, 9.17) is 4.74 Å². The van der Waals surface area contributed by atoms with E-state index < -0.39 is 29.3 Å². The summed E-state index contributed by atoms with van der Waals surface area (Å²) in [6.45, 7) is 1.73. The fraction of sp³-hybridized carbons (Fsp3) is 0.143. The molecule has 2 aromatic carbocycles. The lowest BCUT2D eigenvalue weighted by molar-refractivity contribution is -0.132. The molecule has 1 amide bonds. The van der Waals surface area contributed by atoms with Crippen LogP contribution in [-0.4, -0.2) is 34.1 Å². The fourth-order valence-corrected chi connectivity index (χ4v) is 3.99. The molecule has 1 aliphatic heterocycles. The number of aryl methyl sites for hydroxylation is 1. The average molecular weight is 425 g/mol. The zero-order valence-electron chi connectivity index (χ0n) is 16.0. The van der Waals surface area contributed by atoms with Gasteiger partial charge in [0.1, 0.15) is 22.3 Å². The number of benzene rings is 2. The number of hydrogen-bond acceptors (Lipinski definition) is 7. The van der Waals surface area contributed by atoms with Gasteiger partial charge in [-0.25, -0.2) is 4.39 Å². The van der Waals surface area contributed by atoms with E-state index in [1.807, 2.05) is 0 Å². The minimum absolute atomic E-state index is 0.107. The van der Waals surface area contributed by atoms with E-state index in [1.165, 1.54) is 36.3 Å². The first-order chi connectivity index (χ1) is 14.4. The van der Waals surface area contributed by atoms with Crippen molar-refractivity contribution in [2.45, 2.75) is 13.0 Å². The Morgan fingerprint density at radius 1 is 1.10 bits per heavy atom. The van der Waals surface area contributed by atoms with Crippen LogP contribution >= 0.6 is 11.3 Å². The van der Waals surface area contributed by atoms with E-state index in [0.717, 1.165) is 11.3 Å². The number of methoxy groups -OCH3 is 1. The van der Waals surface area contributed by atoms with Crippen molar-refractivity contribution < 1.29 is 23.8 Å². The quantitative estimate of drug-likeness (QED) is 0.390. The minimum atomic E-state index is -0.923. The van der Waals surface area contributed by atoms with Crippen LogP contribution in [0.4, 0.5) is 9.52 Å². The Morgan fingerprint density at radius 3 is 2.33 bits per heavy atom. The van der Waals surface area contributed by atoms with E-state index in [-0.39, 0.29) is 16.3 Å². The van der Waals surface area contributed by atoms with Crippen LogP contribution in [0.2, 0.25) is 0 Å². The number of aromatic nitrogens is 2. The molecule has 1 N–H and O–H groups in total. The Bertz CT molecular complexity index is 1160. The summed E-state index contributed by atoms with van der Waals surface area (Å²) in [5.74, 6) is -1.96. The Morgan fingerprint density at radius 2 is 1.77 bits per heavy atom. The first-order valence-electron chi connectivity index (χ1n) is 8.91. The van der Waals surface area contributed by atoms with E-state index in [2.05, 4.69) is 10.2 Å². The van der Waals surface area contributed by atoms with Crippen molar-refractivity contribution in [3.05, 3.63) is 76.1 Å². The largest absolute Gasteiger partial charge is 0.507 e. The predicted octanol–water partition coefficient (Wildman–Crippen LogP) is 3.62. The van der Waals surface area contributed by atoms with Crippen LogP contribution in [0.15, 0.2) is 54.1 Å². The number of amides is 1. The number of nitrogens with zero attached hydrogens (tertiary/aromatic N) is 3. The highest BCUT2D eigenvalue weighted by atomic mass is 32.1. The van der Waals surface area contributed by atoms with Crippen molar-refractivity contribution in [2.24, 2.45) is 0 Å². The second-order valence-corrected chi connectivity index (χ2v) is 7.71. The van der Waals surface area contributed by atoms with Crippen LogP contribution in [-0.2, 0) is 9.59 Å². The van der Waals surface area contributed by atoms with Crippen LogP contribution in [0.3, 0.4) is 0 Å². The first-order valence-corrected chi connectivity index (χ1v) is 9.73. The van der Waals surface area contributed by atoms with Gasteiger partial charge in [-0.3, -0.25) is 14.5 Å². The molecule has 0 bridgehead atoms. The van der Waals surface area contributed by atoms with Crippen LogP contribution in [0, 0.1) is 12.7 Å². The van der Waals surface area contributed by atoms with E-state index in [1.54, 1.807) is 31.2 Å². The molecule has 1 aliphatic rings. The van der Waals surface area contributed by atoms with Gasteiger partial charge < -0.3 is 9.84 Å². The Labute approximate surface area is 175 Å². The van der Waals surface area contributed by atoms with Crippen molar-refractivity contribution in [3.63, 3.8) is 0 Å².